The molecule has 0 aromatic carbocycles. The van der Waals surface area contributed by atoms with Gasteiger partial charge in [0, 0.05) is 42.7 Å². The first-order valence-electron chi connectivity index (χ1n) is 18.5. The number of cyclic esters (lactones) is 1. The fourth-order valence-electron chi connectivity index (χ4n) is 8.62. The van der Waals surface area contributed by atoms with Gasteiger partial charge in [0.15, 0.2) is 12.6 Å². The normalized spacial score (nSPS) is 49.1. The van der Waals surface area contributed by atoms with Gasteiger partial charge >= 0.3 is 5.97 Å². The molecule has 4 rings (SSSR count). The molecule has 0 spiro atoms. The quantitative estimate of drug-likeness (QED) is 0.342. The predicted molar refractivity (Wildman–Crippen MR) is 187 cm³/mol. The van der Waals surface area contributed by atoms with Gasteiger partial charge in [0.05, 0.1) is 35.9 Å². The summed E-state index contributed by atoms with van der Waals surface area (Å²) in [7, 11) is 5.40. The van der Waals surface area contributed by atoms with E-state index in [0.29, 0.717) is 12.2 Å². The van der Waals surface area contributed by atoms with Crippen molar-refractivity contribution in [2.45, 2.75) is 175 Å². The van der Waals surface area contributed by atoms with Crippen molar-refractivity contribution < 1.29 is 53.3 Å². The van der Waals surface area contributed by atoms with Crippen molar-refractivity contribution in [1.82, 2.24) is 4.90 Å². The number of hydrogen-bond donors (Lipinski definition) is 3. The van der Waals surface area contributed by atoms with Crippen molar-refractivity contribution >= 4 is 5.97 Å². The van der Waals surface area contributed by atoms with Gasteiger partial charge < -0.3 is 53.4 Å². The van der Waals surface area contributed by atoms with Crippen molar-refractivity contribution in [3.63, 3.8) is 0 Å². The molecule has 50 heavy (non-hydrogen) atoms. The second-order valence-electron chi connectivity index (χ2n) is 17.0. The number of carbonyl (C=O) groups excluding carboxylic acids is 1. The van der Waals surface area contributed by atoms with Crippen LogP contribution in [0.4, 0.5) is 0 Å². The van der Waals surface area contributed by atoms with Gasteiger partial charge in [-0.2, -0.15) is 0 Å². The molecular formula is C38H67NO11. The third-order valence-corrected chi connectivity index (χ3v) is 13.0. The Morgan fingerprint density at radius 1 is 0.880 bits per heavy atom. The summed E-state index contributed by atoms with van der Waals surface area (Å²) in [4.78, 5) is 16.1. The van der Waals surface area contributed by atoms with Crippen molar-refractivity contribution in [3.8, 4) is 0 Å². The highest BCUT2D eigenvalue weighted by Crippen LogP contribution is 2.50. The highest BCUT2D eigenvalue weighted by Gasteiger charge is 2.58. The summed E-state index contributed by atoms with van der Waals surface area (Å²) in [6.07, 6.45) is -6.89. The maximum atomic E-state index is 14.1. The van der Waals surface area contributed by atoms with Crippen LogP contribution >= 0.6 is 0 Å². The van der Waals surface area contributed by atoms with E-state index in [1.807, 2.05) is 74.4 Å². The molecule has 17 atom stereocenters. The average Bonchev–Trinajstić information content (AvgIpc) is 3.28. The molecule has 4 heterocycles. The molecule has 0 aliphatic carbocycles. The molecule has 0 amide bonds. The Hall–Kier alpha value is -1.35. The van der Waals surface area contributed by atoms with E-state index in [-0.39, 0.29) is 24.5 Å². The second kappa shape index (κ2) is 15.2. The van der Waals surface area contributed by atoms with Crippen LogP contribution in [0.2, 0.25) is 0 Å². The number of ether oxygens (including phenoxy) is 7. The largest absolute Gasteiger partial charge is 0.488 e. The van der Waals surface area contributed by atoms with Crippen LogP contribution in [-0.2, 0) is 38.0 Å². The number of rotatable bonds is 6. The van der Waals surface area contributed by atoms with E-state index >= 15 is 0 Å². The fourth-order valence-corrected chi connectivity index (χ4v) is 8.62. The summed E-state index contributed by atoms with van der Waals surface area (Å²) in [6, 6.07) is -0.214. The topological polar surface area (TPSA) is 146 Å². The van der Waals surface area contributed by atoms with Crippen LogP contribution in [0.3, 0.4) is 0 Å². The Bertz CT molecular complexity index is 1230. The van der Waals surface area contributed by atoms with Crippen LogP contribution in [-0.4, -0.2) is 126 Å². The molecule has 0 aromatic rings. The first-order chi connectivity index (χ1) is 23.0. The van der Waals surface area contributed by atoms with Crippen LogP contribution < -0.4 is 0 Å². The van der Waals surface area contributed by atoms with Crippen molar-refractivity contribution in [3.05, 3.63) is 11.3 Å². The maximum absolute atomic E-state index is 14.1. The van der Waals surface area contributed by atoms with Crippen LogP contribution in [0.25, 0.3) is 0 Å². The van der Waals surface area contributed by atoms with E-state index in [9.17, 15) is 20.1 Å². The molecule has 0 aromatic heterocycles. The van der Waals surface area contributed by atoms with E-state index in [4.69, 9.17) is 33.2 Å². The third kappa shape index (κ3) is 7.53. The smallest absolute Gasteiger partial charge is 0.311 e. The number of hydrogen-bond acceptors (Lipinski definition) is 12. The highest BCUT2D eigenvalue weighted by atomic mass is 16.7. The lowest BCUT2D eigenvalue weighted by Crippen LogP contribution is -2.61. The molecule has 3 saturated heterocycles. The molecule has 2 bridgehead atoms. The Morgan fingerprint density at radius 3 is 2.08 bits per heavy atom. The molecule has 0 saturated carbocycles. The summed E-state index contributed by atoms with van der Waals surface area (Å²) < 4.78 is 45.2. The Kier molecular flexibility index (Phi) is 12.6. The average molecular weight is 714 g/mol. The van der Waals surface area contributed by atoms with Gasteiger partial charge in [0.1, 0.15) is 35.8 Å². The van der Waals surface area contributed by atoms with E-state index in [0.717, 1.165) is 5.57 Å². The summed E-state index contributed by atoms with van der Waals surface area (Å²) in [5.41, 5.74) is -1.84. The van der Waals surface area contributed by atoms with Gasteiger partial charge in [-0.05, 0) is 74.6 Å². The van der Waals surface area contributed by atoms with Crippen molar-refractivity contribution in [2.24, 2.45) is 29.1 Å². The minimum absolute atomic E-state index is 0.188. The van der Waals surface area contributed by atoms with Crippen molar-refractivity contribution in [2.75, 3.05) is 21.2 Å². The number of aliphatic hydroxyl groups excluding tert-OH is 3. The van der Waals surface area contributed by atoms with E-state index in [1.54, 1.807) is 27.9 Å². The highest BCUT2D eigenvalue weighted by molar-refractivity contribution is 5.73. The minimum atomic E-state index is -1.03. The standard InChI is InChI=1S/C38H67NO11/c1-18-16-26(39(13)14)28(40)35(45-18)49-33-21(4)29(48-27-17-37(11,44-15)32(42)24(7)46-27)22(5)34(43)47-25(8)36(9,10)31(41)20(3)30-19(2)23(6)38(33,12)50-30/h18,20-29,31-33,35,40-42H,16-17H2,1-15H3/t18-,20+,21+,22-,23?,24+,25?,26?,27?,28?,29?,31?,32?,33?,35?,37?,38?/m1/s1. The maximum Gasteiger partial charge on any atom is 0.311 e. The number of nitrogens with zero attached hydrogens (tertiary/aromatic N) is 1. The second-order valence-corrected chi connectivity index (χ2v) is 17.0. The summed E-state index contributed by atoms with van der Waals surface area (Å²) in [6.45, 7) is 22.9. The molecule has 12 nitrogen and oxygen atoms in total. The first-order valence-corrected chi connectivity index (χ1v) is 18.5. The Morgan fingerprint density at radius 2 is 1.50 bits per heavy atom. The summed E-state index contributed by atoms with van der Waals surface area (Å²) >= 11 is 0. The van der Waals surface area contributed by atoms with Gasteiger partial charge in [-0.3, -0.25) is 4.79 Å². The van der Waals surface area contributed by atoms with Gasteiger partial charge in [-0.25, -0.2) is 0 Å². The van der Waals surface area contributed by atoms with Crippen LogP contribution in [0.5, 0.6) is 0 Å². The Balaban J connectivity index is 1.86. The van der Waals surface area contributed by atoms with Crippen LogP contribution in [0.15, 0.2) is 11.3 Å². The van der Waals surface area contributed by atoms with Crippen LogP contribution in [0, 0.1) is 29.1 Å². The fraction of sp³-hybridized carbons (Fsp3) is 0.921. The Labute approximate surface area is 300 Å². The summed E-state index contributed by atoms with van der Waals surface area (Å²) in [5, 5.41) is 34.4. The lowest BCUT2D eigenvalue weighted by atomic mass is 9.73. The third-order valence-electron chi connectivity index (χ3n) is 13.0. The molecule has 3 fully saturated rings. The SMILES string of the molecule is COC1(C)CC(OC2[C@H](C)C(OC3O[C@H](C)CC(N(C)C)C3O)C3(C)OC(=C(C)C3C)[C@H](C)C(O)C(C)(C)C(C)OC(=O)[C@@H]2C)O[C@@H](C)C1O. The first kappa shape index (κ1) is 41.4. The van der Waals surface area contributed by atoms with E-state index in [1.165, 1.54) is 0 Å². The molecule has 12 unspecified atom stereocenters. The van der Waals surface area contributed by atoms with Gasteiger partial charge in [-0.1, -0.05) is 34.6 Å². The molecule has 0 radical (unpaired) electrons. The molecule has 4 aliphatic heterocycles. The van der Waals surface area contributed by atoms with Gasteiger partial charge in [0.2, 0.25) is 0 Å². The molecule has 4 aliphatic rings. The minimum Gasteiger partial charge on any atom is -0.488 e. The number of esters is 1. The monoisotopic (exact) mass is 713 g/mol. The predicted octanol–water partition coefficient (Wildman–Crippen LogP) is 4.02. The molecular weight excluding hydrogens is 646 g/mol. The zero-order chi connectivity index (χ0) is 37.8. The number of methoxy groups -OCH3 is 1. The zero-order valence-electron chi connectivity index (χ0n) is 33.1. The number of carbonyl (C=O) groups is 1. The van der Waals surface area contributed by atoms with Crippen LogP contribution in [0.1, 0.15) is 95.9 Å². The van der Waals surface area contributed by atoms with Gasteiger partial charge in [-0.15, -0.1) is 0 Å². The van der Waals surface area contributed by atoms with E-state index < -0.39 is 95.6 Å². The molecule has 290 valence electrons. The van der Waals surface area contributed by atoms with Crippen molar-refractivity contribution in [1.29, 1.82) is 0 Å². The number of aliphatic hydroxyl groups is 3. The molecule has 3 N–H and O–H groups in total. The lowest BCUT2D eigenvalue weighted by molar-refractivity contribution is -0.318. The lowest BCUT2D eigenvalue weighted by Gasteiger charge is -2.49. The van der Waals surface area contributed by atoms with E-state index in [2.05, 4.69) is 6.92 Å². The zero-order valence-corrected chi connectivity index (χ0v) is 33.1. The number of fused-ring (bicyclic) bond motifs is 2. The molecule has 12 heteroatoms. The van der Waals surface area contributed by atoms with Gasteiger partial charge in [0.25, 0.3) is 0 Å². The number of likely N-dealkylation sites (N-methyl/N-ethyl adjacent to an activating group) is 1. The summed E-state index contributed by atoms with van der Waals surface area (Å²) in [5.74, 6) is -1.83.